The summed E-state index contributed by atoms with van der Waals surface area (Å²) in [4.78, 5) is 22.5. The summed E-state index contributed by atoms with van der Waals surface area (Å²) in [5.41, 5.74) is -0.382. The molecule has 0 spiro atoms. The number of nitrogens with zero attached hydrogens (tertiary/aromatic N) is 2. The van der Waals surface area contributed by atoms with Gasteiger partial charge in [0, 0.05) is 17.0 Å². The Balaban J connectivity index is 2.35. The molecule has 17 heavy (non-hydrogen) atoms. The van der Waals surface area contributed by atoms with Gasteiger partial charge in [0.15, 0.2) is 0 Å². The molecule has 2 rings (SSSR count). The van der Waals surface area contributed by atoms with Crippen LogP contribution in [0.1, 0.15) is 4.88 Å². The van der Waals surface area contributed by atoms with Crippen LogP contribution >= 0.6 is 22.9 Å². The van der Waals surface area contributed by atoms with Gasteiger partial charge in [0.2, 0.25) is 0 Å². The molecule has 0 radical (unpaired) electrons. The number of rotatable bonds is 3. The normalized spacial score (nSPS) is 10.4. The second-order valence-corrected chi connectivity index (χ2v) is 5.12. The van der Waals surface area contributed by atoms with Gasteiger partial charge in [0.05, 0.1) is 22.0 Å². The molecular formula is C10H7ClN2O3S. The summed E-state index contributed by atoms with van der Waals surface area (Å²) in [6.45, 7) is 0.290. The van der Waals surface area contributed by atoms with Crippen LogP contribution in [0.3, 0.4) is 0 Å². The Kier molecular flexibility index (Phi) is 3.26. The molecule has 0 aliphatic heterocycles. The Hall–Kier alpha value is -1.66. The van der Waals surface area contributed by atoms with Crippen molar-refractivity contribution in [3.63, 3.8) is 0 Å². The van der Waals surface area contributed by atoms with Gasteiger partial charge < -0.3 is 4.57 Å². The predicted octanol–water partition coefficient (Wildman–Crippen LogP) is 2.52. The lowest BCUT2D eigenvalue weighted by Crippen LogP contribution is -2.18. The molecule has 2 aromatic heterocycles. The van der Waals surface area contributed by atoms with Gasteiger partial charge in [-0.3, -0.25) is 14.9 Å². The number of thiophene rings is 1. The summed E-state index contributed by atoms with van der Waals surface area (Å²) in [7, 11) is 0. The lowest BCUT2D eigenvalue weighted by Gasteiger charge is -2.02. The molecule has 0 bridgehead atoms. The van der Waals surface area contributed by atoms with Gasteiger partial charge >= 0.3 is 0 Å². The molecule has 0 saturated heterocycles. The second kappa shape index (κ2) is 4.68. The van der Waals surface area contributed by atoms with Crippen molar-refractivity contribution in [2.75, 3.05) is 0 Å². The maximum absolute atomic E-state index is 11.5. The summed E-state index contributed by atoms with van der Waals surface area (Å²) in [5.74, 6) is 0. The van der Waals surface area contributed by atoms with Gasteiger partial charge in [-0.05, 0) is 12.1 Å². The van der Waals surface area contributed by atoms with Crippen LogP contribution in [0.15, 0.2) is 35.3 Å². The Bertz CT molecular complexity index is 620. The van der Waals surface area contributed by atoms with Crippen molar-refractivity contribution in [2.45, 2.75) is 6.54 Å². The van der Waals surface area contributed by atoms with Gasteiger partial charge in [-0.15, -0.1) is 11.3 Å². The van der Waals surface area contributed by atoms with Crippen molar-refractivity contribution in [3.05, 3.63) is 60.1 Å². The quantitative estimate of drug-likeness (QED) is 0.636. The highest BCUT2D eigenvalue weighted by Crippen LogP contribution is 2.22. The van der Waals surface area contributed by atoms with E-state index < -0.39 is 4.92 Å². The van der Waals surface area contributed by atoms with Crippen LogP contribution in [0.4, 0.5) is 5.69 Å². The molecular weight excluding hydrogens is 264 g/mol. The van der Waals surface area contributed by atoms with E-state index in [4.69, 9.17) is 11.6 Å². The topological polar surface area (TPSA) is 65.1 Å². The number of hydrogen-bond acceptors (Lipinski definition) is 4. The number of hydrogen-bond donors (Lipinski definition) is 0. The predicted molar refractivity (Wildman–Crippen MR) is 65.8 cm³/mol. The molecule has 0 aliphatic carbocycles. The molecule has 0 N–H and O–H groups in total. The Morgan fingerprint density at radius 2 is 2.12 bits per heavy atom. The van der Waals surface area contributed by atoms with Gasteiger partial charge in [0.25, 0.3) is 11.2 Å². The highest BCUT2D eigenvalue weighted by atomic mass is 35.5. The van der Waals surface area contributed by atoms with E-state index in [1.54, 1.807) is 12.1 Å². The minimum Gasteiger partial charge on any atom is -0.304 e. The highest BCUT2D eigenvalue weighted by molar-refractivity contribution is 7.16. The monoisotopic (exact) mass is 270 g/mol. The number of aromatic nitrogens is 1. The molecule has 7 heteroatoms. The molecule has 0 aliphatic rings. The molecule has 0 amide bonds. The molecule has 2 heterocycles. The summed E-state index contributed by atoms with van der Waals surface area (Å²) in [5, 5.41) is 10.6. The van der Waals surface area contributed by atoms with Gasteiger partial charge in [0.1, 0.15) is 0 Å². The van der Waals surface area contributed by atoms with E-state index in [0.717, 1.165) is 4.88 Å². The van der Waals surface area contributed by atoms with E-state index in [2.05, 4.69) is 0 Å². The van der Waals surface area contributed by atoms with Crippen molar-refractivity contribution in [1.29, 1.82) is 0 Å². The van der Waals surface area contributed by atoms with E-state index >= 15 is 0 Å². The Labute approximate surface area is 105 Å². The minimum absolute atomic E-state index is 0.104. The molecule has 2 aromatic rings. The van der Waals surface area contributed by atoms with E-state index in [9.17, 15) is 14.9 Å². The largest absolute Gasteiger partial charge is 0.304 e. The van der Waals surface area contributed by atoms with E-state index in [1.165, 1.54) is 34.2 Å². The maximum atomic E-state index is 11.5. The van der Waals surface area contributed by atoms with Crippen molar-refractivity contribution >= 4 is 28.6 Å². The van der Waals surface area contributed by atoms with Gasteiger partial charge in [-0.1, -0.05) is 11.6 Å². The lowest BCUT2D eigenvalue weighted by molar-refractivity contribution is -0.385. The first kappa shape index (κ1) is 11.8. The second-order valence-electron chi connectivity index (χ2n) is 3.32. The molecule has 0 aromatic carbocycles. The fourth-order valence-electron chi connectivity index (χ4n) is 1.35. The van der Waals surface area contributed by atoms with Gasteiger partial charge in [-0.25, -0.2) is 0 Å². The standard InChI is InChI=1S/C10H7ClN2O3S/c11-9-3-2-8(17-9)6-12-5-7(13(15)16)1-4-10(12)14/h1-5H,6H2. The van der Waals surface area contributed by atoms with Crippen LogP contribution in [0.2, 0.25) is 4.34 Å². The van der Waals surface area contributed by atoms with Crippen LogP contribution in [-0.2, 0) is 6.54 Å². The molecule has 0 fully saturated rings. The minimum atomic E-state index is -0.530. The Morgan fingerprint density at radius 3 is 2.71 bits per heavy atom. The number of halogens is 1. The summed E-state index contributed by atoms with van der Waals surface area (Å²) >= 11 is 7.11. The van der Waals surface area contributed by atoms with Crippen molar-refractivity contribution < 1.29 is 4.92 Å². The SMILES string of the molecule is O=c1ccc([N+](=O)[O-])cn1Cc1ccc(Cl)s1. The molecule has 0 unspecified atom stereocenters. The maximum Gasteiger partial charge on any atom is 0.285 e. The average molecular weight is 271 g/mol. The first-order valence-electron chi connectivity index (χ1n) is 4.65. The highest BCUT2D eigenvalue weighted by Gasteiger charge is 2.08. The number of nitro groups is 1. The van der Waals surface area contributed by atoms with Crippen molar-refractivity contribution in [1.82, 2.24) is 4.57 Å². The van der Waals surface area contributed by atoms with Crippen LogP contribution in [0.5, 0.6) is 0 Å². The lowest BCUT2D eigenvalue weighted by atomic mass is 10.4. The van der Waals surface area contributed by atoms with Crippen LogP contribution in [0, 0.1) is 10.1 Å². The zero-order valence-corrected chi connectivity index (χ0v) is 10.1. The van der Waals surface area contributed by atoms with Crippen LogP contribution in [0.25, 0.3) is 0 Å². The van der Waals surface area contributed by atoms with Crippen molar-refractivity contribution in [3.8, 4) is 0 Å². The zero-order valence-electron chi connectivity index (χ0n) is 8.50. The molecule has 5 nitrogen and oxygen atoms in total. The Morgan fingerprint density at radius 1 is 1.35 bits per heavy atom. The summed E-state index contributed by atoms with van der Waals surface area (Å²) in [6, 6.07) is 5.90. The summed E-state index contributed by atoms with van der Waals surface area (Å²) in [6.07, 6.45) is 1.23. The van der Waals surface area contributed by atoms with Crippen LogP contribution < -0.4 is 5.56 Å². The van der Waals surface area contributed by atoms with Crippen molar-refractivity contribution in [2.24, 2.45) is 0 Å². The smallest absolute Gasteiger partial charge is 0.285 e. The van der Waals surface area contributed by atoms with Crippen LogP contribution in [-0.4, -0.2) is 9.49 Å². The third kappa shape index (κ3) is 2.72. The zero-order chi connectivity index (χ0) is 12.4. The molecule has 0 atom stereocenters. The first-order valence-corrected chi connectivity index (χ1v) is 5.85. The fraction of sp³-hybridized carbons (Fsp3) is 0.100. The average Bonchev–Trinajstić information content (AvgIpc) is 2.67. The number of pyridine rings is 1. The van der Waals surface area contributed by atoms with Gasteiger partial charge in [-0.2, -0.15) is 0 Å². The van der Waals surface area contributed by atoms with E-state index in [1.807, 2.05) is 0 Å². The fourth-order valence-corrected chi connectivity index (χ4v) is 2.44. The third-order valence-electron chi connectivity index (χ3n) is 2.13. The summed E-state index contributed by atoms with van der Waals surface area (Å²) < 4.78 is 1.92. The first-order chi connectivity index (χ1) is 8.06. The molecule has 0 saturated carbocycles. The van der Waals surface area contributed by atoms with E-state index in [-0.39, 0.29) is 17.8 Å². The third-order valence-corrected chi connectivity index (χ3v) is 3.35. The molecule has 88 valence electrons. The van der Waals surface area contributed by atoms with E-state index in [0.29, 0.717) is 4.34 Å².